The highest BCUT2D eigenvalue weighted by molar-refractivity contribution is 5.29. The van der Waals surface area contributed by atoms with Gasteiger partial charge in [-0.05, 0) is 43.4 Å². The number of aryl methyl sites for hydroxylation is 2. The Bertz CT molecular complexity index is 606. The molecular formula is C17H23NO2. The van der Waals surface area contributed by atoms with Crippen molar-refractivity contribution in [2.45, 2.75) is 53.1 Å². The van der Waals surface area contributed by atoms with Crippen LogP contribution in [-0.4, -0.2) is 0 Å². The Labute approximate surface area is 120 Å². The molecule has 20 heavy (non-hydrogen) atoms. The van der Waals surface area contributed by atoms with Crippen molar-refractivity contribution in [2.75, 3.05) is 0 Å². The molecule has 0 bridgehead atoms. The van der Waals surface area contributed by atoms with Gasteiger partial charge in [0.1, 0.15) is 17.3 Å². The summed E-state index contributed by atoms with van der Waals surface area (Å²) in [5.74, 6) is 3.18. The van der Waals surface area contributed by atoms with Crippen LogP contribution in [0.15, 0.2) is 27.2 Å². The van der Waals surface area contributed by atoms with Crippen molar-refractivity contribution in [1.29, 1.82) is 0 Å². The zero-order chi connectivity index (χ0) is 14.3. The summed E-state index contributed by atoms with van der Waals surface area (Å²) in [6, 6.07) is 4.53. The third-order valence-electron chi connectivity index (χ3n) is 4.21. The van der Waals surface area contributed by atoms with Crippen LogP contribution in [0.2, 0.25) is 0 Å². The molecule has 108 valence electrons. The second-order valence-electron chi connectivity index (χ2n) is 6.74. The Balaban J connectivity index is 1.80. The van der Waals surface area contributed by atoms with Gasteiger partial charge in [-0.15, -0.1) is 0 Å². The first-order valence-corrected chi connectivity index (χ1v) is 7.30. The molecule has 0 aromatic carbocycles. The van der Waals surface area contributed by atoms with Crippen molar-refractivity contribution in [3.63, 3.8) is 0 Å². The highest BCUT2D eigenvalue weighted by Crippen LogP contribution is 2.42. The van der Waals surface area contributed by atoms with Gasteiger partial charge in [0.15, 0.2) is 0 Å². The Kier molecular flexibility index (Phi) is 3.25. The molecule has 0 amide bonds. The molecule has 1 atom stereocenters. The Morgan fingerprint density at radius 2 is 2.15 bits per heavy atom. The van der Waals surface area contributed by atoms with Gasteiger partial charge in [0.2, 0.25) is 0 Å². The number of hydrogen-bond acceptors (Lipinski definition) is 3. The summed E-state index contributed by atoms with van der Waals surface area (Å²) >= 11 is 0. The maximum Gasteiger partial charge on any atom is 0.120 e. The van der Waals surface area contributed by atoms with E-state index in [1.54, 1.807) is 6.26 Å². The van der Waals surface area contributed by atoms with E-state index in [-0.39, 0.29) is 5.41 Å². The minimum Gasteiger partial charge on any atom is -0.468 e. The normalized spacial score (nSPS) is 20.9. The van der Waals surface area contributed by atoms with Crippen molar-refractivity contribution in [3.8, 4) is 0 Å². The lowest BCUT2D eigenvalue weighted by Crippen LogP contribution is -2.32. The van der Waals surface area contributed by atoms with Crippen LogP contribution in [0.3, 0.4) is 0 Å². The van der Waals surface area contributed by atoms with Crippen molar-refractivity contribution >= 4 is 0 Å². The maximum atomic E-state index is 5.87. The molecule has 3 rings (SSSR count). The summed E-state index contributed by atoms with van der Waals surface area (Å²) in [6.07, 6.45) is 3.90. The summed E-state index contributed by atoms with van der Waals surface area (Å²) in [6.45, 7) is 9.49. The molecule has 0 spiro atoms. The highest BCUT2D eigenvalue weighted by Gasteiger charge is 2.34. The molecule has 1 unspecified atom stereocenters. The summed E-state index contributed by atoms with van der Waals surface area (Å²) in [5.41, 5.74) is 2.80. The van der Waals surface area contributed by atoms with Crippen molar-refractivity contribution < 1.29 is 8.83 Å². The van der Waals surface area contributed by atoms with Crippen LogP contribution in [0.1, 0.15) is 54.7 Å². The second-order valence-corrected chi connectivity index (χ2v) is 6.74. The molecule has 0 fully saturated rings. The molecule has 1 aliphatic carbocycles. The van der Waals surface area contributed by atoms with Crippen LogP contribution in [0.25, 0.3) is 0 Å². The predicted octanol–water partition coefficient (Wildman–Crippen LogP) is 4.29. The predicted molar refractivity (Wildman–Crippen MR) is 78.6 cm³/mol. The first-order valence-electron chi connectivity index (χ1n) is 7.30. The number of fused-ring (bicyclic) bond motifs is 1. The summed E-state index contributed by atoms with van der Waals surface area (Å²) in [7, 11) is 0. The molecule has 0 saturated heterocycles. The van der Waals surface area contributed by atoms with Crippen LogP contribution < -0.4 is 5.32 Å². The lowest BCUT2D eigenvalue weighted by Gasteiger charge is -2.34. The Hall–Kier alpha value is -1.48. The molecule has 0 saturated carbocycles. The largest absolute Gasteiger partial charge is 0.468 e. The van der Waals surface area contributed by atoms with Gasteiger partial charge < -0.3 is 14.2 Å². The minimum atomic E-state index is 0.271. The monoisotopic (exact) mass is 273 g/mol. The number of nitrogens with one attached hydrogen (secondary N) is 1. The first kappa shape index (κ1) is 13.5. The van der Waals surface area contributed by atoms with E-state index in [0.29, 0.717) is 6.04 Å². The lowest BCUT2D eigenvalue weighted by atomic mass is 9.74. The van der Waals surface area contributed by atoms with Crippen LogP contribution in [0, 0.1) is 19.3 Å². The summed E-state index contributed by atoms with van der Waals surface area (Å²) < 4.78 is 11.4. The molecule has 3 heteroatoms. The van der Waals surface area contributed by atoms with Gasteiger partial charge in [0.25, 0.3) is 0 Å². The molecule has 0 radical (unpaired) electrons. The fourth-order valence-corrected chi connectivity index (χ4v) is 3.17. The van der Waals surface area contributed by atoms with Crippen molar-refractivity contribution in [3.05, 3.63) is 46.8 Å². The molecule has 3 nitrogen and oxygen atoms in total. The topological polar surface area (TPSA) is 38.3 Å². The van der Waals surface area contributed by atoms with Crippen molar-refractivity contribution in [1.82, 2.24) is 5.32 Å². The fourth-order valence-electron chi connectivity index (χ4n) is 3.17. The number of hydrogen-bond donors (Lipinski definition) is 1. The minimum absolute atomic E-state index is 0.271. The quantitative estimate of drug-likeness (QED) is 0.906. The van der Waals surface area contributed by atoms with Gasteiger partial charge in [-0.2, -0.15) is 0 Å². The van der Waals surface area contributed by atoms with Gasteiger partial charge in [-0.1, -0.05) is 13.8 Å². The van der Waals surface area contributed by atoms with E-state index in [1.165, 1.54) is 11.1 Å². The zero-order valence-electron chi connectivity index (χ0n) is 12.7. The first-order chi connectivity index (χ1) is 9.44. The third-order valence-corrected chi connectivity index (χ3v) is 4.21. The standard InChI is InChI=1S/C17H23NO2/c1-11-5-6-19-16(11)10-18-14-8-17(3,4)9-15-13(14)7-12(2)20-15/h5-7,14,18H,8-10H2,1-4H3. The third kappa shape index (κ3) is 2.55. The van der Waals surface area contributed by atoms with Gasteiger partial charge >= 0.3 is 0 Å². The van der Waals surface area contributed by atoms with E-state index in [4.69, 9.17) is 8.83 Å². The van der Waals surface area contributed by atoms with Crippen LogP contribution >= 0.6 is 0 Å². The van der Waals surface area contributed by atoms with E-state index in [9.17, 15) is 0 Å². The van der Waals surface area contributed by atoms with Gasteiger partial charge in [-0.25, -0.2) is 0 Å². The maximum absolute atomic E-state index is 5.87. The molecule has 2 heterocycles. The second kappa shape index (κ2) is 4.81. The highest BCUT2D eigenvalue weighted by atomic mass is 16.3. The van der Waals surface area contributed by atoms with Crippen LogP contribution in [-0.2, 0) is 13.0 Å². The number of rotatable bonds is 3. The Morgan fingerprint density at radius 3 is 2.85 bits per heavy atom. The van der Waals surface area contributed by atoms with E-state index < -0.39 is 0 Å². The van der Waals surface area contributed by atoms with E-state index in [2.05, 4.69) is 32.2 Å². The van der Waals surface area contributed by atoms with E-state index in [0.717, 1.165) is 36.7 Å². The molecule has 1 N–H and O–H groups in total. The van der Waals surface area contributed by atoms with Crippen LogP contribution in [0.4, 0.5) is 0 Å². The fraction of sp³-hybridized carbons (Fsp3) is 0.529. The average Bonchev–Trinajstić information content (AvgIpc) is 2.90. The molecular weight excluding hydrogens is 250 g/mol. The van der Waals surface area contributed by atoms with Gasteiger partial charge in [0.05, 0.1) is 12.8 Å². The molecule has 2 aromatic rings. The number of furan rings is 2. The smallest absolute Gasteiger partial charge is 0.120 e. The average molecular weight is 273 g/mol. The van der Waals surface area contributed by atoms with Crippen LogP contribution in [0.5, 0.6) is 0 Å². The molecule has 0 aliphatic heterocycles. The molecule has 1 aliphatic rings. The SMILES string of the molecule is Cc1cc2c(o1)CC(C)(C)CC2NCc1occc1C. The molecule has 2 aromatic heterocycles. The van der Waals surface area contributed by atoms with Crippen molar-refractivity contribution in [2.24, 2.45) is 5.41 Å². The summed E-state index contributed by atoms with van der Waals surface area (Å²) in [5, 5.41) is 3.64. The van der Waals surface area contributed by atoms with Gasteiger partial charge in [-0.3, -0.25) is 0 Å². The zero-order valence-corrected chi connectivity index (χ0v) is 12.7. The van der Waals surface area contributed by atoms with E-state index in [1.807, 2.05) is 13.0 Å². The van der Waals surface area contributed by atoms with E-state index >= 15 is 0 Å². The summed E-state index contributed by atoms with van der Waals surface area (Å²) in [4.78, 5) is 0. The van der Waals surface area contributed by atoms with Gasteiger partial charge in [0, 0.05) is 18.0 Å². The Morgan fingerprint density at radius 1 is 1.35 bits per heavy atom. The lowest BCUT2D eigenvalue weighted by molar-refractivity contribution is 0.231.